The van der Waals surface area contributed by atoms with Crippen LogP contribution in [0.15, 0.2) is 23.2 Å². The van der Waals surface area contributed by atoms with Crippen molar-refractivity contribution in [1.29, 1.82) is 0 Å². The predicted molar refractivity (Wildman–Crippen MR) is 67.0 cm³/mol. The van der Waals surface area contributed by atoms with Gasteiger partial charge in [0.15, 0.2) is 0 Å². The van der Waals surface area contributed by atoms with Gasteiger partial charge >= 0.3 is 0 Å². The zero-order valence-electron chi connectivity index (χ0n) is 9.79. The van der Waals surface area contributed by atoms with E-state index in [-0.39, 0.29) is 0 Å². The van der Waals surface area contributed by atoms with Crippen LogP contribution in [0.3, 0.4) is 0 Å². The molecule has 16 heavy (non-hydrogen) atoms. The third kappa shape index (κ3) is 1.67. The van der Waals surface area contributed by atoms with Crippen LogP contribution in [-0.2, 0) is 6.54 Å². The topological polar surface area (TPSA) is 24.4 Å². The van der Waals surface area contributed by atoms with Crippen LogP contribution in [0.4, 0.5) is 0 Å². The monoisotopic (exact) mass is 214 g/mol. The molecule has 0 aliphatic carbocycles. The van der Waals surface area contributed by atoms with Crippen molar-refractivity contribution in [3.63, 3.8) is 0 Å². The Balaban J connectivity index is 1.91. The maximum atomic E-state index is 4.76. The van der Waals surface area contributed by atoms with Gasteiger partial charge in [0.1, 0.15) is 0 Å². The molecule has 0 radical (unpaired) electrons. The van der Waals surface area contributed by atoms with Gasteiger partial charge in [-0.1, -0.05) is 17.7 Å². The number of benzene rings is 1. The van der Waals surface area contributed by atoms with Gasteiger partial charge in [-0.05, 0) is 44.5 Å². The summed E-state index contributed by atoms with van der Waals surface area (Å²) in [7, 11) is 0. The normalized spacial score (nSPS) is 20.7. The minimum atomic E-state index is 0.685. The van der Waals surface area contributed by atoms with E-state index in [1.807, 2.05) is 0 Å². The molecule has 1 saturated heterocycles. The molecule has 0 atom stereocenters. The van der Waals surface area contributed by atoms with Crippen LogP contribution in [0.5, 0.6) is 0 Å². The van der Waals surface area contributed by atoms with E-state index in [1.165, 1.54) is 35.2 Å². The van der Waals surface area contributed by atoms with Crippen LogP contribution in [0, 0.1) is 12.8 Å². The van der Waals surface area contributed by atoms with E-state index in [0.717, 1.165) is 19.6 Å². The molecule has 3 rings (SSSR count). The summed E-state index contributed by atoms with van der Waals surface area (Å²) >= 11 is 0. The molecule has 2 heterocycles. The number of fused-ring (bicyclic) bond motifs is 1. The highest BCUT2D eigenvalue weighted by molar-refractivity contribution is 6.05. The van der Waals surface area contributed by atoms with Crippen molar-refractivity contribution in [2.24, 2.45) is 10.9 Å². The number of hydrogen-bond donors (Lipinski definition) is 1. The van der Waals surface area contributed by atoms with E-state index in [4.69, 9.17) is 4.99 Å². The Morgan fingerprint density at radius 3 is 2.88 bits per heavy atom. The summed E-state index contributed by atoms with van der Waals surface area (Å²) < 4.78 is 0. The zero-order chi connectivity index (χ0) is 11.0. The fourth-order valence-electron chi connectivity index (χ4n) is 2.77. The molecule has 2 aliphatic rings. The van der Waals surface area contributed by atoms with Crippen molar-refractivity contribution >= 4 is 5.71 Å². The first-order valence-electron chi connectivity index (χ1n) is 6.19. The van der Waals surface area contributed by atoms with Crippen molar-refractivity contribution in [2.45, 2.75) is 26.3 Å². The Bertz CT molecular complexity index is 428. The first kappa shape index (κ1) is 10.0. The molecule has 0 aromatic heterocycles. The molecular formula is C14H18N2. The Kier molecular flexibility index (Phi) is 2.52. The van der Waals surface area contributed by atoms with Crippen LogP contribution in [0.25, 0.3) is 0 Å². The Morgan fingerprint density at radius 2 is 2.06 bits per heavy atom. The van der Waals surface area contributed by atoms with Crippen molar-refractivity contribution in [2.75, 3.05) is 13.1 Å². The van der Waals surface area contributed by atoms with Crippen LogP contribution in [0.2, 0.25) is 0 Å². The van der Waals surface area contributed by atoms with Gasteiger partial charge in [-0.25, -0.2) is 0 Å². The highest BCUT2D eigenvalue weighted by Crippen LogP contribution is 2.27. The number of nitrogens with zero attached hydrogens (tertiary/aromatic N) is 1. The van der Waals surface area contributed by atoms with E-state index in [2.05, 4.69) is 30.4 Å². The van der Waals surface area contributed by atoms with Crippen molar-refractivity contribution < 1.29 is 0 Å². The summed E-state index contributed by atoms with van der Waals surface area (Å²) in [6.07, 6.45) is 2.48. The molecule has 84 valence electrons. The predicted octanol–water partition coefficient (Wildman–Crippen LogP) is 2.30. The maximum Gasteiger partial charge on any atom is 0.0649 e. The molecule has 2 nitrogen and oxygen atoms in total. The second-order valence-corrected chi connectivity index (χ2v) is 4.89. The fraction of sp³-hybridized carbons (Fsp3) is 0.500. The van der Waals surface area contributed by atoms with Gasteiger partial charge < -0.3 is 5.32 Å². The molecule has 2 heteroatoms. The number of aryl methyl sites for hydroxylation is 1. The first-order chi connectivity index (χ1) is 7.84. The van der Waals surface area contributed by atoms with E-state index in [0.29, 0.717) is 5.92 Å². The Hall–Kier alpha value is -1.15. The highest BCUT2D eigenvalue weighted by Gasteiger charge is 2.25. The maximum absolute atomic E-state index is 4.76. The number of aliphatic imine (C=N–C) groups is 1. The van der Waals surface area contributed by atoms with Crippen LogP contribution in [-0.4, -0.2) is 18.8 Å². The van der Waals surface area contributed by atoms with Crippen molar-refractivity contribution in [3.05, 3.63) is 34.9 Å². The molecule has 0 amide bonds. The van der Waals surface area contributed by atoms with Gasteiger partial charge in [0.2, 0.25) is 0 Å². The van der Waals surface area contributed by atoms with Gasteiger partial charge in [-0.2, -0.15) is 0 Å². The van der Waals surface area contributed by atoms with Gasteiger partial charge in [0.25, 0.3) is 0 Å². The minimum Gasteiger partial charge on any atom is -0.317 e. The lowest BCUT2D eigenvalue weighted by molar-refractivity contribution is 0.457. The second kappa shape index (κ2) is 4.02. The summed E-state index contributed by atoms with van der Waals surface area (Å²) in [4.78, 5) is 4.76. The molecule has 1 aromatic carbocycles. The van der Waals surface area contributed by atoms with Gasteiger partial charge in [-0.15, -0.1) is 0 Å². The van der Waals surface area contributed by atoms with Crippen molar-refractivity contribution in [3.8, 4) is 0 Å². The minimum absolute atomic E-state index is 0.685. The Morgan fingerprint density at radius 1 is 1.25 bits per heavy atom. The summed E-state index contributed by atoms with van der Waals surface area (Å²) in [6.45, 7) is 5.35. The third-order valence-corrected chi connectivity index (χ3v) is 3.69. The number of nitrogens with one attached hydrogen (secondary N) is 1. The molecule has 0 bridgehead atoms. The van der Waals surface area contributed by atoms with Gasteiger partial charge in [0.05, 0.1) is 6.54 Å². The molecular weight excluding hydrogens is 196 g/mol. The summed E-state index contributed by atoms with van der Waals surface area (Å²) in [5.74, 6) is 0.685. The number of rotatable bonds is 1. The van der Waals surface area contributed by atoms with Gasteiger partial charge in [0, 0.05) is 17.2 Å². The number of piperidine rings is 1. The Labute approximate surface area is 96.8 Å². The quantitative estimate of drug-likeness (QED) is 0.762. The third-order valence-electron chi connectivity index (χ3n) is 3.69. The lowest BCUT2D eigenvalue weighted by Gasteiger charge is -2.23. The molecule has 0 spiro atoms. The lowest BCUT2D eigenvalue weighted by Crippen LogP contribution is -2.31. The fourth-order valence-corrected chi connectivity index (χ4v) is 2.77. The van der Waals surface area contributed by atoms with Crippen molar-refractivity contribution in [1.82, 2.24) is 5.32 Å². The molecule has 1 N–H and O–H groups in total. The van der Waals surface area contributed by atoms with E-state index in [1.54, 1.807) is 0 Å². The molecule has 1 fully saturated rings. The largest absolute Gasteiger partial charge is 0.317 e. The SMILES string of the molecule is Cc1ccc2c(c1)C(C1CCNCC1)=NC2. The van der Waals surface area contributed by atoms with E-state index >= 15 is 0 Å². The van der Waals surface area contributed by atoms with E-state index in [9.17, 15) is 0 Å². The van der Waals surface area contributed by atoms with E-state index < -0.39 is 0 Å². The van der Waals surface area contributed by atoms with Crippen LogP contribution >= 0.6 is 0 Å². The summed E-state index contributed by atoms with van der Waals surface area (Å²) in [5, 5.41) is 3.42. The molecule has 0 saturated carbocycles. The molecule has 2 aliphatic heterocycles. The molecule has 1 aromatic rings. The van der Waals surface area contributed by atoms with Gasteiger partial charge in [-0.3, -0.25) is 4.99 Å². The zero-order valence-corrected chi connectivity index (χ0v) is 9.79. The smallest absolute Gasteiger partial charge is 0.0649 e. The molecule has 0 unspecified atom stereocenters. The standard InChI is InChI=1S/C14H18N2/c1-10-2-3-12-9-16-14(13(12)8-10)11-4-6-15-7-5-11/h2-3,8,11,15H,4-7,9H2,1H3. The number of hydrogen-bond acceptors (Lipinski definition) is 2. The average Bonchev–Trinajstić information content (AvgIpc) is 2.73. The lowest BCUT2D eigenvalue weighted by atomic mass is 9.88. The summed E-state index contributed by atoms with van der Waals surface area (Å²) in [5.41, 5.74) is 5.56. The average molecular weight is 214 g/mol. The summed E-state index contributed by atoms with van der Waals surface area (Å²) in [6, 6.07) is 6.74. The van der Waals surface area contributed by atoms with Crippen LogP contribution in [0.1, 0.15) is 29.5 Å². The highest BCUT2D eigenvalue weighted by atomic mass is 14.9. The first-order valence-corrected chi connectivity index (χ1v) is 6.19. The second-order valence-electron chi connectivity index (χ2n) is 4.89. The van der Waals surface area contributed by atoms with Crippen LogP contribution < -0.4 is 5.32 Å².